The molecule has 0 heterocycles. The van der Waals surface area contributed by atoms with Crippen LogP contribution in [0.25, 0.3) is 0 Å². The van der Waals surface area contributed by atoms with Crippen molar-refractivity contribution in [2.45, 2.75) is 38.1 Å². The van der Waals surface area contributed by atoms with Gasteiger partial charge in [-0.25, -0.2) is 8.42 Å². The maximum atomic E-state index is 13.0. The topological polar surface area (TPSA) is 95.6 Å². The highest BCUT2D eigenvalue weighted by atomic mass is 32.2. The second kappa shape index (κ2) is 9.30. The summed E-state index contributed by atoms with van der Waals surface area (Å²) in [7, 11) is -2.14. The summed E-state index contributed by atoms with van der Waals surface area (Å²) in [6.07, 6.45) is 6.41. The average molecular weight is 430 g/mol. The molecule has 1 aliphatic carbocycles. The minimum absolute atomic E-state index is 0.152. The van der Waals surface area contributed by atoms with Gasteiger partial charge in [-0.15, -0.1) is 0 Å². The summed E-state index contributed by atoms with van der Waals surface area (Å²) >= 11 is 0. The van der Waals surface area contributed by atoms with Crippen molar-refractivity contribution in [1.29, 1.82) is 0 Å². The zero-order valence-electron chi connectivity index (χ0n) is 17.2. The summed E-state index contributed by atoms with van der Waals surface area (Å²) in [4.78, 5) is 25.8. The second-order valence-electron chi connectivity index (χ2n) is 7.56. The van der Waals surface area contributed by atoms with E-state index in [1.165, 1.54) is 13.5 Å². The van der Waals surface area contributed by atoms with Crippen molar-refractivity contribution in [3.63, 3.8) is 0 Å². The van der Waals surface area contributed by atoms with Gasteiger partial charge >= 0.3 is 0 Å². The average Bonchev–Trinajstić information content (AvgIpc) is 2.73. The SMILES string of the molecule is CN(c1ccccc1C(=O)Nc1ccccc1C(=O)NC1CCCCC1)S(C)(=O)=O. The Labute approximate surface area is 177 Å². The fourth-order valence-electron chi connectivity index (χ4n) is 3.61. The van der Waals surface area contributed by atoms with Gasteiger partial charge in [-0.1, -0.05) is 43.5 Å². The van der Waals surface area contributed by atoms with Crippen molar-refractivity contribution in [3.8, 4) is 0 Å². The van der Waals surface area contributed by atoms with E-state index in [0.717, 1.165) is 36.2 Å². The quantitative estimate of drug-likeness (QED) is 0.736. The van der Waals surface area contributed by atoms with Crippen molar-refractivity contribution in [2.75, 3.05) is 22.9 Å². The van der Waals surface area contributed by atoms with E-state index < -0.39 is 15.9 Å². The molecular weight excluding hydrogens is 402 g/mol. The number of amides is 2. The molecule has 2 amide bonds. The largest absolute Gasteiger partial charge is 0.349 e. The lowest BCUT2D eigenvalue weighted by Crippen LogP contribution is -2.36. The summed E-state index contributed by atoms with van der Waals surface area (Å²) in [6.45, 7) is 0. The Bertz CT molecular complexity index is 1030. The van der Waals surface area contributed by atoms with Crippen LogP contribution in [-0.4, -0.2) is 39.6 Å². The van der Waals surface area contributed by atoms with Crippen LogP contribution in [-0.2, 0) is 10.0 Å². The Morgan fingerprint density at radius 3 is 2.17 bits per heavy atom. The van der Waals surface area contributed by atoms with Crippen molar-refractivity contribution < 1.29 is 18.0 Å². The van der Waals surface area contributed by atoms with Gasteiger partial charge in [0.2, 0.25) is 10.0 Å². The van der Waals surface area contributed by atoms with Crippen LogP contribution in [0.5, 0.6) is 0 Å². The molecule has 0 radical (unpaired) electrons. The zero-order valence-corrected chi connectivity index (χ0v) is 18.0. The molecule has 30 heavy (non-hydrogen) atoms. The number of hydrogen-bond donors (Lipinski definition) is 2. The highest BCUT2D eigenvalue weighted by Gasteiger charge is 2.22. The van der Waals surface area contributed by atoms with Crippen molar-refractivity contribution in [2.24, 2.45) is 0 Å². The number of rotatable bonds is 6. The van der Waals surface area contributed by atoms with Gasteiger partial charge in [-0.3, -0.25) is 13.9 Å². The zero-order chi connectivity index (χ0) is 21.7. The van der Waals surface area contributed by atoms with Crippen LogP contribution in [0.3, 0.4) is 0 Å². The molecule has 1 saturated carbocycles. The van der Waals surface area contributed by atoms with E-state index in [1.807, 2.05) is 0 Å². The second-order valence-corrected chi connectivity index (χ2v) is 9.57. The number of para-hydroxylation sites is 2. The number of benzene rings is 2. The first-order chi connectivity index (χ1) is 14.3. The molecule has 1 aliphatic rings. The van der Waals surface area contributed by atoms with E-state index in [9.17, 15) is 18.0 Å². The molecule has 0 aliphatic heterocycles. The van der Waals surface area contributed by atoms with Gasteiger partial charge in [0.15, 0.2) is 0 Å². The molecule has 0 spiro atoms. The fraction of sp³-hybridized carbons (Fsp3) is 0.364. The van der Waals surface area contributed by atoms with E-state index in [1.54, 1.807) is 48.5 Å². The minimum Gasteiger partial charge on any atom is -0.349 e. The van der Waals surface area contributed by atoms with E-state index in [4.69, 9.17) is 0 Å². The van der Waals surface area contributed by atoms with Gasteiger partial charge in [0.25, 0.3) is 11.8 Å². The molecule has 8 heteroatoms. The summed E-state index contributed by atoms with van der Waals surface area (Å²) < 4.78 is 24.9. The number of sulfonamides is 1. The molecular formula is C22H27N3O4S. The van der Waals surface area contributed by atoms with Crippen LogP contribution in [0.1, 0.15) is 52.8 Å². The van der Waals surface area contributed by atoms with Gasteiger partial charge in [0.1, 0.15) is 0 Å². The van der Waals surface area contributed by atoms with Crippen molar-refractivity contribution in [3.05, 3.63) is 59.7 Å². The normalized spacial score (nSPS) is 14.7. The molecule has 7 nitrogen and oxygen atoms in total. The van der Waals surface area contributed by atoms with Crippen LogP contribution in [0.4, 0.5) is 11.4 Å². The number of anilines is 2. The van der Waals surface area contributed by atoms with Gasteiger partial charge in [0, 0.05) is 13.1 Å². The van der Waals surface area contributed by atoms with Crippen molar-refractivity contribution in [1.82, 2.24) is 5.32 Å². The first-order valence-corrected chi connectivity index (χ1v) is 11.9. The van der Waals surface area contributed by atoms with Crippen LogP contribution in [0.2, 0.25) is 0 Å². The first-order valence-electron chi connectivity index (χ1n) is 10.0. The number of nitrogens with one attached hydrogen (secondary N) is 2. The third-order valence-electron chi connectivity index (χ3n) is 5.35. The van der Waals surface area contributed by atoms with E-state index >= 15 is 0 Å². The van der Waals surface area contributed by atoms with E-state index in [2.05, 4.69) is 10.6 Å². The van der Waals surface area contributed by atoms with Gasteiger partial charge in [-0.2, -0.15) is 0 Å². The smallest absolute Gasteiger partial charge is 0.257 e. The highest BCUT2D eigenvalue weighted by Crippen LogP contribution is 2.24. The number of nitrogens with zero attached hydrogens (tertiary/aromatic N) is 1. The molecule has 160 valence electrons. The Morgan fingerprint density at radius 2 is 1.50 bits per heavy atom. The summed E-state index contributed by atoms with van der Waals surface area (Å²) in [5.41, 5.74) is 1.23. The molecule has 2 aromatic rings. The van der Waals surface area contributed by atoms with Gasteiger partial charge in [-0.05, 0) is 37.1 Å². The molecule has 0 atom stereocenters. The predicted octanol–water partition coefficient (Wildman–Crippen LogP) is 3.40. The molecule has 0 bridgehead atoms. The number of carbonyl (C=O) groups is 2. The van der Waals surface area contributed by atoms with Crippen molar-refractivity contribution >= 4 is 33.2 Å². The monoisotopic (exact) mass is 429 g/mol. The van der Waals surface area contributed by atoms with Crippen LogP contribution >= 0.6 is 0 Å². The maximum absolute atomic E-state index is 13.0. The molecule has 0 aromatic heterocycles. The predicted molar refractivity (Wildman–Crippen MR) is 118 cm³/mol. The molecule has 2 aromatic carbocycles. The van der Waals surface area contributed by atoms with Crippen LogP contribution in [0.15, 0.2) is 48.5 Å². The Balaban J connectivity index is 1.82. The third kappa shape index (κ3) is 5.18. The standard InChI is InChI=1S/C22H27N3O4S/c1-25(30(2,28)29)20-15-9-7-13-18(20)22(27)24-19-14-8-6-12-17(19)21(26)23-16-10-4-3-5-11-16/h6-9,12-16H,3-5,10-11H2,1-2H3,(H,23,26)(H,24,27). The Hall–Kier alpha value is -2.87. The summed E-state index contributed by atoms with van der Waals surface area (Å²) in [5.74, 6) is -0.710. The lowest BCUT2D eigenvalue weighted by atomic mass is 9.95. The number of hydrogen-bond acceptors (Lipinski definition) is 4. The highest BCUT2D eigenvalue weighted by molar-refractivity contribution is 7.92. The van der Waals surface area contributed by atoms with E-state index in [-0.39, 0.29) is 23.2 Å². The molecule has 3 rings (SSSR count). The fourth-order valence-corrected chi connectivity index (χ4v) is 4.13. The molecule has 0 saturated heterocycles. The number of carbonyl (C=O) groups excluding carboxylic acids is 2. The Morgan fingerprint density at radius 1 is 0.900 bits per heavy atom. The summed E-state index contributed by atoms with van der Waals surface area (Å²) in [5, 5.41) is 5.83. The van der Waals surface area contributed by atoms with Gasteiger partial charge in [0.05, 0.1) is 28.8 Å². The van der Waals surface area contributed by atoms with Gasteiger partial charge < -0.3 is 10.6 Å². The molecule has 2 N–H and O–H groups in total. The van der Waals surface area contributed by atoms with Crippen LogP contribution in [0, 0.1) is 0 Å². The molecule has 1 fully saturated rings. The third-order valence-corrected chi connectivity index (χ3v) is 6.54. The maximum Gasteiger partial charge on any atom is 0.257 e. The lowest BCUT2D eigenvalue weighted by molar-refractivity contribution is 0.0928. The summed E-state index contributed by atoms with van der Waals surface area (Å²) in [6, 6.07) is 13.4. The molecule has 0 unspecified atom stereocenters. The van der Waals surface area contributed by atoms with E-state index in [0.29, 0.717) is 11.3 Å². The lowest BCUT2D eigenvalue weighted by Gasteiger charge is -2.23. The first kappa shape index (κ1) is 21.8. The Kier molecular flexibility index (Phi) is 6.77. The van der Waals surface area contributed by atoms with Crippen LogP contribution < -0.4 is 14.9 Å². The minimum atomic E-state index is -3.53.